The lowest BCUT2D eigenvalue weighted by Crippen LogP contribution is -2.47. The van der Waals surface area contributed by atoms with Gasteiger partial charge in [0.1, 0.15) is 0 Å². The molecule has 164 valence electrons. The van der Waals surface area contributed by atoms with Gasteiger partial charge in [0.05, 0.1) is 22.2 Å². The highest BCUT2D eigenvalue weighted by molar-refractivity contribution is 7.92. The maximum atomic E-state index is 12.9. The molecule has 1 fully saturated rings. The fourth-order valence-electron chi connectivity index (χ4n) is 3.67. The second-order valence-electron chi connectivity index (χ2n) is 7.65. The van der Waals surface area contributed by atoms with E-state index in [-0.39, 0.29) is 16.1 Å². The molecule has 0 atom stereocenters. The van der Waals surface area contributed by atoms with E-state index in [9.17, 15) is 18.3 Å². The third-order valence-corrected chi connectivity index (χ3v) is 6.89. The summed E-state index contributed by atoms with van der Waals surface area (Å²) in [5.41, 5.74) is 2.24. The Morgan fingerprint density at radius 2 is 1.84 bits per heavy atom. The first kappa shape index (κ1) is 22.6. The van der Waals surface area contributed by atoms with Gasteiger partial charge in [-0.1, -0.05) is 12.1 Å². The van der Waals surface area contributed by atoms with Crippen LogP contribution in [0.15, 0.2) is 41.3 Å². The van der Waals surface area contributed by atoms with E-state index >= 15 is 0 Å². The average molecular weight is 443 g/mol. The SMILES string of the molecule is Cc1ccc(C)c(S(=O)(=O)Nc2ccc(N3CCN(CCC#N)CC3)c(C(=O)O)c2)c1. The molecule has 8 nitrogen and oxygen atoms in total. The molecule has 3 rings (SSSR count). The third kappa shape index (κ3) is 5.34. The van der Waals surface area contributed by atoms with Crippen LogP contribution >= 0.6 is 0 Å². The van der Waals surface area contributed by atoms with Crippen LogP contribution < -0.4 is 9.62 Å². The third-order valence-electron chi connectivity index (χ3n) is 5.37. The van der Waals surface area contributed by atoms with Crippen LogP contribution in [-0.4, -0.2) is 57.1 Å². The molecule has 1 saturated heterocycles. The van der Waals surface area contributed by atoms with Crippen LogP contribution in [0.25, 0.3) is 0 Å². The van der Waals surface area contributed by atoms with Gasteiger partial charge in [-0.25, -0.2) is 13.2 Å². The number of carboxylic acids is 1. The maximum Gasteiger partial charge on any atom is 0.337 e. The number of nitrogens with zero attached hydrogens (tertiary/aromatic N) is 3. The first-order valence-corrected chi connectivity index (χ1v) is 11.5. The molecule has 0 aliphatic carbocycles. The zero-order valence-electron chi connectivity index (χ0n) is 17.6. The van der Waals surface area contributed by atoms with Crippen LogP contribution in [0.4, 0.5) is 11.4 Å². The second-order valence-corrected chi connectivity index (χ2v) is 9.30. The molecule has 0 amide bonds. The lowest BCUT2D eigenvalue weighted by Gasteiger charge is -2.36. The van der Waals surface area contributed by atoms with E-state index in [4.69, 9.17) is 5.26 Å². The molecule has 1 heterocycles. The molecule has 9 heteroatoms. The first-order chi connectivity index (χ1) is 14.7. The number of nitrogens with one attached hydrogen (secondary N) is 1. The van der Waals surface area contributed by atoms with Gasteiger partial charge in [-0.2, -0.15) is 5.26 Å². The number of sulfonamides is 1. The zero-order valence-corrected chi connectivity index (χ0v) is 18.4. The summed E-state index contributed by atoms with van der Waals surface area (Å²) in [6.07, 6.45) is 0.468. The van der Waals surface area contributed by atoms with E-state index in [1.165, 1.54) is 6.07 Å². The van der Waals surface area contributed by atoms with E-state index < -0.39 is 16.0 Å². The maximum absolute atomic E-state index is 12.9. The van der Waals surface area contributed by atoms with Crippen LogP contribution in [0.5, 0.6) is 0 Å². The Morgan fingerprint density at radius 3 is 2.48 bits per heavy atom. The Morgan fingerprint density at radius 1 is 1.13 bits per heavy atom. The van der Waals surface area contributed by atoms with Crippen LogP contribution in [0.1, 0.15) is 27.9 Å². The Hall–Kier alpha value is -3.09. The van der Waals surface area contributed by atoms with Crippen LogP contribution in [0, 0.1) is 25.2 Å². The Bertz CT molecular complexity index is 1120. The zero-order chi connectivity index (χ0) is 22.6. The summed E-state index contributed by atoms with van der Waals surface area (Å²) < 4.78 is 28.2. The van der Waals surface area contributed by atoms with Crippen molar-refractivity contribution < 1.29 is 18.3 Å². The molecule has 0 radical (unpaired) electrons. The average Bonchev–Trinajstić information content (AvgIpc) is 2.74. The van der Waals surface area contributed by atoms with Gasteiger partial charge in [-0.15, -0.1) is 0 Å². The molecule has 0 saturated carbocycles. The highest BCUT2D eigenvalue weighted by atomic mass is 32.2. The van der Waals surface area contributed by atoms with E-state index in [0.29, 0.717) is 37.3 Å². The summed E-state index contributed by atoms with van der Waals surface area (Å²) in [6, 6.07) is 11.9. The van der Waals surface area contributed by atoms with Gasteiger partial charge in [-0.3, -0.25) is 9.62 Å². The van der Waals surface area contributed by atoms with Crippen molar-refractivity contribution in [1.82, 2.24) is 4.90 Å². The fraction of sp³-hybridized carbons (Fsp3) is 0.364. The van der Waals surface area contributed by atoms with Gasteiger partial charge in [0.2, 0.25) is 0 Å². The van der Waals surface area contributed by atoms with E-state index in [1.54, 1.807) is 31.2 Å². The highest BCUT2D eigenvalue weighted by Gasteiger charge is 2.23. The van der Waals surface area contributed by atoms with Crippen LogP contribution in [0.2, 0.25) is 0 Å². The van der Waals surface area contributed by atoms with Crippen molar-refractivity contribution in [3.05, 3.63) is 53.1 Å². The largest absolute Gasteiger partial charge is 0.478 e. The molecule has 1 aliphatic rings. The number of piperazine rings is 1. The number of carbonyl (C=O) groups is 1. The van der Waals surface area contributed by atoms with Crippen molar-refractivity contribution in [2.24, 2.45) is 0 Å². The number of anilines is 2. The van der Waals surface area contributed by atoms with Crippen molar-refractivity contribution in [1.29, 1.82) is 5.26 Å². The van der Waals surface area contributed by atoms with Gasteiger partial charge < -0.3 is 10.0 Å². The predicted octanol–water partition coefficient (Wildman–Crippen LogP) is 2.84. The molecule has 0 aromatic heterocycles. The lowest BCUT2D eigenvalue weighted by molar-refractivity contribution is 0.0697. The first-order valence-electron chi connectivity index (χ1n) is 10.0. The normalized spacial score (nSPS) is 14.8. The summed E-state index contributed by atoms with van der Waals surface area (Å²) >= 11 is 0. The van der Waals surface area contributed by atoms with Crippen LogP contribution in [-0.2, 0) is 10.0 Å². The summed E-state index contributed by atoms with van der Waals surface area (Å²) in [5, 5.41) is 18.5. The Labute approximate surface area is 182 Å². The fourth-order valence-corrected chi connectivity index (χ4v) is 5.05. The number of hydrogen-bond donors (Lipinski definition) is 2. The summed E-state index contributed by atoms with van der Waals surface area (Å²) in [6.45, 7) is 6.99. The van der Waals surface area contributed by atoms with Crippen molar-refractivity contribution in [2.75, 3.05) is 42.3 Å². The van der Waals surface area contributed by atoms with Crippen molar-refractivity contribution in [3.8, 4) is 6.07 Å². The molecule has 2 aromatic rings. The van der Waals surface area contributed by atoms with Crippen LogP contribution in [0.3, 0.4) is 0 Å². The number of carboxylic acid groups (broad SMARTS) is 1. The number of aromatic carboxylic acids is 1. The topological polar surface area (TPSA) is 114 Å². The van der Waals surface area contributed by atoms with E-state index in [0.717, 1.165) is 18.7 Å². The minimum atomic E-state index is -3.85. The van der Waals surface area contributed by atoms with Gasteiger partial charge in [0.25, 0.3) is 10.0 Å². The molecular weight excluding hydrogens is 416 g/mol. The molecule has 0 bridgehead atoms. The van der Waals surface area contributed by atoms with Gasteiger partial charge in [-0.05, 0) is 49.2 Å². The monoisotopic (exact) mass is 442 g/mol. The van der Waals surface area contributed by atoms with Crippen molar-refractivity contribution in [3.63, 3.8) is 0 Å². The Balaban J connectivity index is 1.82. The molecule has 0 spiro atoms. The lowest BCUT2D eigenvalue weighted by atomic mass is 10.1. The summed E-state index contributed by atoms with van der Waals surface area (Å²) in [5.74, 6) is -1.12. The molecule has 1 aliphatic heterocycles. The van der Waals surface area contributed by atoms with Crippen molar-refractivity contribution >= 4 is 27.4 Å². The number of benzene rings is 2. The smallest absolute Gasteiger partial charge is 0.337 e. The minimum absolute atomic E-state index is 0.0478. The quantitative estimate of drug-likeness (QED) is 0.678. The number of rotatable bonds is 7. The molecule has 31 heavy (non-hydrogen) atoms. The minimum Gasteiger partial charge on any atom is -0.478 e. The van der Waals surface area contributed by atoms with Crippen molar-refractivity contribution in [2.45, 2.75) is 25.2 Å². The number of aryl methyl sites for hydroxylation is 2. The standard InChI is InChI=1S/C22H26N4O4S/c1-16-4-5-17(2)21(14-16)31(29,30)24-18-6-7-20(19(15-18)22(27)28)26-12-10-25(11-13-26)9-3-8-23/h4-7,14-15,24H,3,9-13H2,1-2H3,(H,27,28). The summed E-state index contributed by atoms with van der Waals surface area (Å²) in [7, 11) is -3.85. The van der Waals surface area contributed by atoms with E-state index in [1.807, 2.05) is 17.9 Å². The molecule has 2 aromatic carbocycles. The van der Waals surface area contributed by atoms with Gasteiger partial charge in [0, 0.05) is 44.8 Å². The summed E-state index contributed by atoms with van der Waals surface area (Å²) in [4.78, 5) is 16.2. The molecule has 0 unspecified atom stereocenters. The van der Waals surface area contributed by atoms with Gasteiger partial charge >= 0.3 is 5.97 Å². The van der Waals surface area contributed by atoms with Gasteiger partial charge in [0.15, 0.2) is 0 Å². The Kier molecular flexibility index (Phi) is 6.83. The number of hydrogen-bond acceptors (Lipinski definition) is 6. The number of nitriles is 1. The second kappa shape index (κ2) is 9.37. The van der Waals surface area contributed by atoms with E-state index in [2.05, 4.69) is 15.7 Å². The predicted molar refractivity (Wildman–Crippen MR) is 119 cm³/mol. The highest BCUT2D eigenvalue weighted by Crippen LogP contribution is 2.28. The molecule has 2 N–H and O–H groups in total. The molecular formula is C22H26N4O4S.